The van der Waals surface area contributed by atoms with Crippen LogP contribution in [-0.2, 0) is 4.79 Å². The third kappa shape index (κ3) is 3.70. The van der Waals surface area contributed by atoms with E-state index < -0.39 is 6.04 Å². The zero-order valence-electron chi connectivity index (χ0n) is 16.7. The van der Waals surface area contributed by atoms with Gasteiger partial charge in [-0.3, -0.25) is 14.6 Å². The Morgan fingerprint density at radius 1 is 0.966 bits per heavy atom. The van der Waals surface area contributed by atoms with Crippen LogP contribution in [0.5, 0.6) is 0 Å². The number of nitrogens with zero attached hydrogens (tertiary/aromatic N) is 4. The Morgan fingerprint density at radius 3 is 2.28 bits per heavy atom. The maximum Gasteiger partial charge on any atom is 0.333 e. The molecule has 3 amide bonds. The van der Waals surface area contributed by atoms with Gasteiger partial charge in [0.2, 0.25) is 0 Å². The molecule has 2 aromatic rings. The molecule has 0 spiro atoms. The lowest BCUT2D eigenvalue weighted by Crippen LogP contribution is -2.51. The molecule has 2 fully saturated rings. The summed E-state index contributed by atoms with van der Waals surface area (Å²) < 4.78 is 13.2. The van der Waals surface area contributed by atoms with E-state index in [1.54, 1.807) is 6.92 Å². The second-order valence-electron chi connectivity index (χ2n) is 7.60. The van der Waals surface area contributed by atoms with Crippen molar-refractivity contribution < 1.29 is 14.0 Å². The number of hydrogen-bond donors (Lipinski definition) is 0. The molecule has 2 heterocycles. The number of benzene rings is 2. The summed E-state index contributed by atoms with van der Waals surface area (Å²) in [5, 5.41) is 0. The number of carbonyl (C=O) groups excluding carboxylic acids is 2. The van der Waals surface area contributed by atoms with Gasteiger partial charge in [0.1, 0.15) is 11.9 Å². The van der Waals surface area contributed by atoms with Crippen molar-refractivity contribution in [2.45, 2.75) is 19.9 Å². The van der Waals surface area contributed by atoms with Gasteiger partial charge in [0.15, 0.2) is 0 Å². The second kappa shape index (κ2) is 7.83. The summed E-state index contributed by atoms with van der Waals surface area (Å²) in [6.45, 7) is 7.33. The highest BCUT2D eigenvalue weighted by atomic mass is 19.1. The Hall–Kier alpha value is -2.93. The van der Waals surface area contributed by atoms with E-state index in [1.165, 1.54) is 45.3 Å². The SMILES string of the molecule is Cc1ccccc1N1CCN(CN2C(=O)[C@H](C)N(c3ccc(F)cc3)C2=O)CC1. The maximum absolute atomic E-state index is 13.2. The lowest BCUT2D eigenvalue weighted by atomic mass is 10.1. The van der Waals surface area contributed by atoms with Crippen LogP contribution in [0.2, 0.25) is 0 Å². The quantitative estimate of drug-likeness (QED) is 0.746. The largest absolute Gasteiger partial charge is 0.369 e. The number of urea groups is 1. The van der Waals surface area contributed by atoms with Crippen molar-refractivity contribution in [1.82, 2.24) is 9.80 Å². The average molecular weight is 396 g/mol. The number of amides is 3. The Kier molecular flexibility index (Phi) is 5.24. The molecule has 2 saturated heterocycles. The molecule has 2 aliphatic heterocycles. The molecule has 0 aliphatic carbocycles. The second-order valence-corrected chi connectivity index (χ2v) is 7.60. The van der Waals surface area contributed by atoms with Crippen molar-refractivity contribution in [1.29, 1.82) is 0 Å². The zero-order chi connectivity index (χ0) is 20.5. The number of halogens is 1. The molecule has 2 aromatic carbocycles. The number of anilines is 2. The first kappa shape index (κ1) is 19.4. The molecule has 0 N–H and O–H groups in total. The molecule has 152 valence electrons. The third-order valence-corrected chi connectivity index (χ3v) is 5.72. The summed E-state index contributed by atoms with van der Waals surface area (Å²) in [5.74, 6) is -0.594. The number of para-hydroxylation sites is 1. The van der Waals surface area contributed by atoms with E-state index in [-0.39, 0.29) is 24.4 Å². The van der Waals surface area contributed by atoms with Crippen LogP contribution in [0.4, 0.5) is 20.6 Å². The standard InChI is InChI=1S/C22H25FN4O2/c1-16-5-3-4-6-20(16)25-13-11-24(12-14-25)15-26-21(28)17(2)27(22(26)29)19-9-7-18(23)8-10-19/h3-10,17H,11-15H2,1-2H3/t17-/m0/s1. The Labute approximate surface area is 170 Å². The molecule has 0 radical (unpaired) electrons. The van der Waals surface area contributed by atoms with Crippen LogP contribution < -0.4 is 9.80 Å². The van der Waals surface area contributed by atoms with Crippen LogP contribution in [-0.4, -0.2) is 60.6 Å². The molecule has 0 unspecified atom stereocenters. The number of carbonyl (C=O) groups is 2. The van der Waals surface area contributed by atoms with Crippen LogP contribution >= 0.6 is 0 Å². The number of imide groups is 1. The van der Waals surface area contributed by atoms with E-state index in [4.69, 9.17) is 0 Å². The predicted molar refractivity (Wildman–Crippen MR) is 110 cm³/mol. The van der Waals surface area contributed by atoms with Crippen LogP contribution in [0.15, 0.2) is 48.5 Å². The smallest absolute Gasteiger partial charge is 0.333 e. The number of piperazine rings is 1. The number of hydrogen-bond acceptors (Lipinski definition) is 4. The van der Waals surface area contributed by atoms with Gasteiger partial charge in [-0.05, 0) is 49.7 Å². The average Bonchev–Trinajstić information content (AvgIpc) is 2.93. The highest BCUT2D eigenvalue weighted by Gasteiger charge is 2.44. The maximum atomic E-state index is 13.2. The third-order valence-electron chi connectivity index (χ3n) is 5.72. The number of aryl methyl sites for hydroxylation is 1. The van der Waals surface area contributed by atoms with Gasteiger partial charge in [-0.1, -0.05) is 18.2 Å². The minimum Gasteiger partial charge on any atom is -0.369 e. The minimum atomic E-state index is -0.596. The molecule has 0 bridgehead atoms. The van der Waals surface area contributed by atoms with E-state index >= 15 is 0 Å². The monoisotopic (exact) mass is 396 g/mol. The van der Waals surface area contributed by atoms with E-state index in [2.05, 4.69) is 28.9 Å². The molecule has 0 saturated carbocycles. The fourth-order valence-corrected chi connectivity index (χ4v) is 4.04. The zero-order valence-corrected chi connectivity index (χ0v) is 16.7. The first-order valence-corrected chi connectivity index (χ1v) is 9.89. The molecular weight excluding hydrogens is 371 g/mol. The summed E-state index contributed by atoms with van der Waals surface area (Å²) in [4.78, 5) is 32.8. The van der Waals surface area contributed by atoms with Crippen molar-refractivity contribution in [2.75, 3.05) is 42.6 Å². The molecule has 6 nitrogen and oxygen atoms in total. The van der Waals surface area contributed by atoms with Gasteiger partial charge in [-0.2, -0.15) is 0 Å². The fraction of sp³-hybridized carbons (Fsp3) is 0.364. The van der Waals surface area contributed by atoms with Gasteiger partial charge in [0.25, 0.3) is 5.91 Å². The lowest BCUT2D eigenvalue weighted by Gasteiger charge is -2.37. The Bertz CT molecular complexity index is 909. The van der Waals surface area contributed by atoms with Crippen molar-refractivity contribution in [2.24, 2.45) is 0 Å². The van der Waals surface area contributed by atoms with Gasteiger partial charge in [0, 0.05) is 37.6 Å². The van der Waals surface area contributed by atoms with Gasteiger partial charge in [0.05, 0.1) is 6.67 Å². The van der Waals surface area contributed by atoms with Crippen LogP contribution in [0.3, 0.4) is 0 Å². The lowest BCUT2D eigenvalue weighted by molar-refractivity contribution is -0.128. The van der Waals surface area contributed by atoms with E-state index in [9.17, 15) is 14.0 Å². The Balaban J connectivity index is 1.41. The number of rotatable bonds is 4. The molecule has 1 atom stereocenters. The summed E-state index contributed by atoms with van der Waals surface area (Å²) in [5.41, 5.74) is 3.01. The van der Waals surface area contributed by atoms with Crippen molar-refractivity contribution in [3.05, 3.63) is 59.9 Å². The van der Waals surface area contributed by atoms with Crippen LogP contribution in [0, 0.1) is 12.7 Å². The van der Waals surface area contributed by atoms with Gasteiger partial charge < -0.3 is 4.90 Å². The topological polar surface area (TPSA) is 47.1 Å². The summed E-state index contributed by atoms with van der Waals surface area (Å²) >= 11 is 0. The van der Waals surface area contributed by atoms with E-state index in [0.717, 1.165) is 26.2 Å². The van der Waals surface area contributed by atoms with Crippen molar-refractivity contribution in [3.8, 4) is 0 Å². The molecule has 0 aromatic heterocycles. The van der Waals surface area contributed by atoms with E-state index in [0.29, 0.717) is 5.69 Å². The molecular formula is C22H25FN4O2. The van der Waals surface area contributed by atoms with Gasteiger partial charge in [-0.15, -0.1) is 0 Å². The normalized spacial score (nSPS) is 20.7. The van der Waals surface area contributed by atoms with Crippen LogP contribution in [0.25, 0.3) is 0 Å². The first-order valence-electron chi connectivity index (χ1n) is 9.89. The van der Waals surface area contributed by atoms with Crippen LogP contribution in [0.1, 0.15) is 12.5 Å². The van der Waals surface area contributed by atoms with Crippen molar-refractivity contribution >= 4 is 23.3 Å². The van der Waals surface area contributed by atoms with E-state index in [1.807, 2.05) is 12.1 Å². The molecule has 4 rings (SSSR count). The molecule has 7 heteroatoms. The summed E-state index contributed by atoms with van der Waals surface area (Å²) in [7, 11) is 0. The Morgan fingerprint density at radius 2 is 1.62 bits per heavy atom. The first-order chi connectivity index (χ1) is 14.0. The molecule has 29 heavy (non-hydrogen) atoms. The van der Waals surface area contributed by atoms with Gasteiger partial charge >= 0.3 is 6.03 Å². The summed E-state index contributed by atoms with van der Waals surface area (Å²) in [6, 6.07) is 13.0. The van der Waals surface area contributed by atoms with Crippen molar-refractivity contribution in [3.63, 3.8) is 0 Å². The highest BCUT2D eigenvalue weighted by Crippen LogP contribution is 2.27. The summed E-state index contributed by atoms with van der Waals surface area (Å²) in [6.07, 6.45) is 0. The predicted octanol–water partition coefficient (Wildman–Crippen LogP) is 3.07. The highest BCUT2D eigenvalue weighted by molar-refractivity contribution is 6.14. The minimum absolute atomic E-state index is 0.222. The molecule has 2 aliphatic rings. The fourth-order valence-electron chi connectivity index (χ4n) is 4.04. The van der Waals surface area contributed by atoms with Gasteiger partial charge in [-0.25, -0.2) is 14.1 Å².